The molecule has 6 nitrogen and oxygen atoms in total. The lowest BCUT2D eigenvalue weighted by Crippen LogP contribution is -2.40. The Bertz CT molecular complexity index is 1050. The van der Waals surface area contributed by atoms with Crippen LogP contribution in [0.2, 0.25) is 0 Å². The zero-order chi connectivity index (χ0) is 21.1. The number of pyridine rings is 1. The molecule has 0 atom stereocenters. The smallest absolute Gasteiger partial charge is 0.253 e. The van der Waals surface area contributed by atoms with Crippen LogP contribution in [0.4, 0.5) is 5.82 Å². The molecule has 6 heteroatoms. The summed E-state index contributed by atoms with van der Waals surface area (Å²) in [6.07, 6.45) is 11.2. The molecule has 0 aliphatic heterocycles. The molecule has 4 rings (SSSR count). The largest absolute Gasteiger partial charge is 0.367 e. The molecule has 0 bridgehead atoms. The number of anilines is 1. The molecule has 0 saturated heterocycles. The number of carbonyl (C=O) groups is 1. The SMILES string of the molecule is CC(C)(C)NC(=O)c1cncc(-c2ccc3ncnc(NC4CCCCC4)c3c2)c1. The van der Waals surface area contributed by atoms with Crippen molar-refractivity contribution in [2.75, 3.05) is 5.32 Å². The highest BCUT2D eigenvalue weighted by atomic mass is 16.1. The summed E-state index contributed by atoms with van der Waals surface area (Å²) in [5, 5.41) is 7.61. The maximum absolute atomic E-state index is 12.6. The van der Waals surface area contributed by atoms with Gasteiger partial charge in [0, 0.05) is 34.9 Å². The second-order valence-corrected chi connectivity index (χ2v) is 9.10. The van der Waals surface area contributed by atoms with Gasteiger partial charge < -0.3 is 10.6 Å². The summed E-state index contributed by atoms with van der Waals surface area (Å²) in [4.78, 5) is 25.8. The van der Waals surface area contributed by atoms with Crippen molar-refractivity contribution >= 4 is 22.6 Å². The van der Waals surface area contributed by atoms with Crippen molar-refractivity contribution in [2.45, 2.75) is 64.5 Å². The van der Waals surface area contributed by atoms with Crippen molar-refractivity contribution in [3.63, 3.8) is 0 Å². The molecule has 1 saturated carbocycles. The molecule has 2 heterocycles. The van der Waals surface area contributed by atoms with Gasteiger partial charge in [-0.25, -0.2) is 9.97 Å². The van der Waals surface area contributed by atoms with E-state index >= 15 is 0 Å². The number of hydrogen-bond acceptors (Lipinski definition) is 5. The Morgan fingerprint density at radius 1 is 1.00 bits per heavy atom. The maximum Gasteiger partial charge on any atom is 0.253 e. The number of aromatic nitrogens is 3. The second kappa shape index (κ2) is 8.38. The zero-order valence-electron chi connectivity index (χ0n) is 17.9. The van der Waals surface area contributed by atoms with E-state index in [0.29, 0.717) is 11.6 Å². The van der Waals surface area contributed by atoms with Crippen molar-refractivity contribution < 1.29 is 4.79 Å². The van der Waals surface area contributed by atoms with E-state index in [1.165, 1.54) is 32.1 Å². The van der Waals surface area contributed by atoms with E-state index in [9.17, 15) is 4.79 Å². The molecule has 0 unspecified atom stereocenters. The fraction of sp³-hybridized carbons (Fsp3) is 0.417. The summed E-state index contributed by atoms with van der Waals surface area (Å²) in [7, 11) is 0. The van der Waals surface area contributed by atoms with Gasteiger partial charge in [0.15, 0.2) is 0 Å². The first kappa shape index (κ1) is 20.3. The Morgan fingerprint density at radius 2 is 1.80 bits per heavy atom. The van der Waals surface area contributed by atoms with Crippen LogP contribution in [-0.4, -0.2) is 32.4 Å². The number of fused-ring (bicyclic) bond motifs is 1. The average molecular weight is 404 g/mol. The topological polar surface area (TPSA) is 79.8 Å². The van der Waals surface area contributed by atoms with Crippen LogP contribution in [0, 0.1) is 0 Å². The molecule has 3 aromatic rings. The van der Waals surface area contributed by atoms with Crippen molar-refractivity contribution in [1.29, 1.82) is 0 Å². The number of amides is 1. The van der Waals surface area contributed by atoms with E-state index in [2.05, 4.69) is 31.7 Å². The molecule has 1 aromatic carbocycles. The Labute approximate surface area is 177 Å². The molecule has 2 N–H and O–H groups in total. The maximum atomic E-state index is 12.6. The number of carbonyl (C=O) groups excluding carboxylic acids is 1. The average Bonchev–Trinajstić information content (AvgIpc) is 2.73. The number of rotatable bonds is 4. The number of nitrogens with one attached hydrogen (secondary N) is 2. The van der Waals surface area contributed by atoms with E-state index in [-0.39, 0.29) is 11.4 Å². The van der Waals surface area contributed by atoms with Crippen molar-refractivity contribution in [2.24, 2.45) is 0 Å². The highest BCUT2D eigenvalue weighted by Gasteiger charge is 2.17. The van der Waals surface area contributed by atoms with Gasteiger partial charge in [0.1, 0.15) is 12.1 Å². The molecule has 1 amide bonds. The van der Waals surface area contributed by atoms with E-state index in [1.54, 1.807) is 18.7 Å². The minimum Gasteiger partial charge on any atom is -0.367 e. The van der Waals surface area contributed by atoms with Gasteiger partial charge in [0.2, 0.25) is 0 Å². The third-order valence-electron chi connectivity index (χ3n) is 5.40. The summed E-state index contributed by atoms with van der Waals surface area (Å²) >= 11 is 0. The van der Waals surface area contributed by atoms with Gasteiger partial charge in [-0.15, -0.1) is 0 Å². The van der Waals surface area contributed by atoms with Crippen LogP contribution in [0.3, 0.4) is 0 Å². The summed E-state index contributed by atoms with van der Waals surface area (Å²) in [6.45, 7) is 5.89. The van der Waals surface area contributed by atoms with Crippen LogP contribution in [0.1, 0.15) is 63.2 Å². The first-order chi connectivity index (χ1) is 14.4. The standard InChI is InChI=1S/C24H29N5O/c1-24(2,3)29-23(30)18-11-17(13-25-14-18)16-9-10-21-20(12-16)22(27-15-26-21)28-19-7-5-4-6-8-19/h9-15,19H,4-8H2,1-3H3,(H,29,30)(H,26,27,28). The molecule has 1 fully saturated rings. The zero-order valence-corrected chi connectivity index (χ0v) is 17.9. The number of benzene rings is 1. The van der Waals surface area contributed by atoms with E-state index in [0.717, 1.165) is 27.8 Å². The summed E-state index contributed by atoms with van der Waals surface area (Å²) < 4.78 is 0. The second-order valence-electron chi connectivity index (χ2n) is 9.10. The Balaban J connectivity index is 1.65. The molecule has 30 heavy (non-hydrogen) atoms. The van der Waals surface area contributed by atoms with Crippen molar-refractivity contribution in [3.05, 3.63) is 48.5 Å². The van der Waals surface area contributed by atoms with Crippen LogP contribution in [0.15, 0.2) is 43.0 Å². The van der Waals surface area contributed by atoms with E-state index < -0.39 is 0 Å². The number of nitrogens with zero attached hydrogens (tertiary/aromatic N) is 3. The Kier molecular flexibility index (Phi) is 5.66. The van der Waals surface area contributed by atoms with E-state index in [1.807, 2.05) is 39.0 Å². The summed E-state index contributed by atoms with van der Waals surface area (Å²) in [6, 6.07) is 8.45. The molecule has 0 spiro atoms. The highest BCUT2D eigenvalue weighted by molar-refractivity contribution is 5.96. The normalized spacial score (nSPS) is 15.2. The third kappa shape index (κ3) is 4.75. The van der Waals surface area contributed by atoms with Gasteiger partial charge in [-0.1, -0.05) is 25.3 Å². The van der Waals surface area contributed by atoms with Gasteiger partial charge in [-0.05, 0) is 57.4 Å². The van der Waals surface area contributed by atoms with Crippen molar-refractivity contribution in [1.82, 2.24) is 20.3 Å². The predicted molar refractivity (Wildman–Crippen MR) is 120 cm³/mol. The Hall–Kier alpha value is -3.02. The predicted octanol–water partition coefficient (Wildman–Crippen LogP) is 4.96. The first-order valence-electron chi connectivity index (χ1n) is 10.7. The Morgan fingerprint density at radius 3 is 2.57 bits per heavy atom. The summed E-state index contributed by atoms with van der Waals surface area (Å²) in [5.41, 5.74) is 3.04. The van der Waals surface area contributed by atoms with Crippen LogP contribution in [0.25, 0.3) is 22.0 Å². The van der Waals surface area contributed by atoms with Crippen LogP contribution >= 0.6 is 0 Å². The van der Waals surface area contributed by atoms with Gasteiger partial charge in [0.05, 0.1) is 11.1 Å². The molecule has 2 aromatic heterocycles. The first-order valence-corrected chi connectivity index (χ1v) is 10.7. The monoisotopic (exact) mass is 403 g/mol. The molecule has 1 aliphatic carbocycles. The minimum absolute atomic E-state index is 0.124. The third-order valence-corrected chi connectivity index (χ3v) is 5.40. The molecular formula is C24H29N5O. The lowest BCUT2D eigenvalue weighted by Gasteiger charge is -2.23. The summed E-state index contributed by atoms with van der Waals surface area (Å²) in [5.74, 6) is 0.754. The minimum atomic E-state index is -0.299. The van der Waals surface area contributed by atoms with Crippen molar-refractivity contribution in [3.8, 4) is 11.1 Å². The van der Waals surface area contributed by atoms with Gasteiger partial charge in [-0.3, -0.25) is 9.78 Å². The lowest BCUT2D eigenvalue weighted by atomic mass is 9.95. The quantitative estimate of drug-likeness (QED) is 0.643. The molecule has 1 aliphatic rings. The highest BCUT2D eigenvalue weighted by Crippen LogP contribution is 2.29. The van der Waals surface area contributed by atoms with Crippen LogP contribution in [-0.2, 0) is 0 Å². The van der Waals surface area contributed by atoms with Crippen LogP contribution in [0.5, 0.6) is 0 Å². The molecular weight excluding hydrogens is 374 g/mol. The van der Waals surface area contributed by atoms with E-state index in [4.69, 9.17) is 0 Å². The fourth-order valence-corrected chi connectivity index (χ4v) is 3.93. The number of hydrogen-bond donors (Lipinski definition) is 2. The molecule has 0 radical (unpaired) electrons. The lowest BCUT2D eigenvalue weighted by molar-refractivity contribution is 0.0919. The van der Waals surface area contributed by atoms with Gasteiger partial charge in [-0.2, -0.15) is 0 Å². The molecule has 156 valence electrons. The fourth-order valence-electron chi connectivity index (χ4n) is 3.93. The van der Waals surface area contributed by atoms with Gasteiger partial charge in [0.25, 0.3) is 5.91 Å². The van der Waals surface area contributed by atoms with Gasteiger partial charge >= 0.3 is 0 Å². The van der Waals surface area contributed by atoms with Crippen LogP contribution < -0.4 is 10.6 Å².